The maximum absolute atomic E-state index is 9.70. The lowest BCUT2D eigenvalue weighted by Gasteiger charge is -1.89. The van der Waals surface area contributed by atoms with E-state index in [0.717, 1.165) is 11.2 Å². The van der Waals surface area contributed by atoms with Crippen LogP contribution in [0.3, 0.4) is 0 Å². The first-order valence-electron chi connectivity index (χ1n) is 4.10. The Morgan fingerprint density at radius 1 is 1.23 bits per heavy atom. The SMILES string of the molecule is CC(C)C(=O)O.c1cc2ccc1o2. The highest BCUT2D eigenvalue weighted by Crippen LogP contribution is 2.13. The first-order chi connectivity index (χ1) is 6.09. The van der Waals surface area contributed by atoms with Crippen LogP contribution in [0.15, 0.2) is 28.7 Å². The summed E-state index contributed by atoms with van der Waals surface area (Å²) in [5.74, 6) is -0.972. The summed E-state index contributed by atoms with van der Waals surface area (Å²) in [5, 5.41) is 7.99. The number of carboxylic acids is 1. The Balaban J connectivity index is 0.000000133. The van der Waals surface area contributed by atoms with E-state index < -0.39 is 5.97 Å². The van der Waals surface area contributed by atoms with E-state index >= 15 is 0 Å². The molecular weight excluding hydrogens is 168 g/mol. The number of furan rings is 2. The molecule has 0 atom stereocenters. The molecule has 0 aliphatic heterocycles. The van der Waals surface area contributed by atoms with Crippen molar-refractivity contribution in [2.24, 2.45) is 5.92 Å². The standard InChI is InChI=1S/C6H4O.C4H8O2/c1-2-6-4-3-5(1)7-6;1-3(2)4(5)6/h1-4H;3H,1-2H3,(H,5,6). The van der Waals surface area contributed by atoms with Gasteiger partial charge in [-0.1, -0.05) is 13.8 Å². The summed E-state index contributed by atoms with van der Waals surface area (Å²) >= 11 is 0. The Kier molecular flexibility index (Phi) is 2.90. The molecule has 0 amide bonds. The number of aliphatic carboxylic acids is 1. The summed E-state index contributed by atoms with van der Waals surface area (Å²) in [7, 11) is 0. The molecular formula is C10H12O3. The van der Waals surface area contributed by atoms with Gasteiger partial charge in [0.15, 0.2) is 0 Å². The van der Waals surface area contributed by atoms with Gasteiger partial charge in [0.25, 0.3) is 0 Å². The molecule has 1 N–H and O–H groups in total. The minimum absolute atomic E-state index is 0.231. The Bertz CT molecular complexity index is 317. The molecule has 0 radical (unpaired) electrons. The third-order valence-electron chi connectivity index (χ3n) is 1.55. The minimum Gasteiger partial charge on any atom is -0.481 e. The van der Waals surface area contributed by atoms with Crippen LogP contribution in [0.2, 0.25) is 0 Å². The van der Waals surface area contributed by atoms with E-state index in [1.807, 2.05) is 24.3 Å². The average molecular weight is 180 g/mol. The molecule has 0 saturated heterocycles. The number of hydrogen-bond acceptors (Lipinski definition) is 2. The number of carboxylic acid groups (broad SMARTS) is 1. The summed E-state index contributed by atoms with van der Waals surface area (Å²) in [6, 6.07) is 7.81. The second kappa shape index (κ2) is 3.94. The minimum atomic E-state index is -0.741. The van der Waals surface area contributed by atoms with Gasteiger partial charge in [0.1, 0.15) is 11.2 Å². The van der Waals surface area contributed by atoms with Crippen LogP contribution in [0.25, 0.3) is 11.2 Å². The van der Waals surface area contributed by atoms with E-state index in [4.69, 9.17) is 9.52 Å². The fourth-order valence-corrected chi connectivity index (χ4v) is 0.712. The molecule has 0 saturated carbocycles. The Labute approximate surface area is 76.3 Å². The van der Waals surface area contributed by atoms with Crippen LogP contribution in [0.4, 0.5) is 0 Å². The normalized spacial score (nSPS) is 10.1. The maximum Gasteiger partial charge on any atom is 0.305 e. The quantitative estimate of drug-likeness (QED) is 0.733. The van der Waals surface area contributed by atoms with Crippen molar-refractivity contribution in [3.8, 4) is 0 Å². The van der Waals surface area contributed by atoms with E-state index in [-0.39, 0.29) is 5.92 Å². The third-order valence-corrected chi connectivity index (χ3v) is 1.55. The topological polar surface area (TPSA) is 50.4 Å². The molecule has 0 aromatic carbocycles. The Morgan fingerprint density at radius 3 is 1.62 bits per heavy atom. The zero-order valence-corrected chi connectivity index (χ0v) is 7.65. The van der Waals surface area contributed by atoms with E-state index in [1.165, 1.54) is 0 Å². The lowest BCUT2D eigenvalue weighted by Crippen LogP contribution is -2.03. The van der Waals surface area contributed by atoms with Gasteiger partial charge in [-0.3, -0.25) is 4.79 Å². The average Bonchev–Trinajstić information content (AvgIpc) is 2.67. The van der Waals surface area contributed by atoms with Crippen molar-refractivity contribution in [2.75, 3.05) is 0 Å². The van der Waals surface area contributed by atoms with Crippen molar-refractivity contribution >= 4 is 17.1 Å². The molecule has 0 aliphatic carbocycles. The first kappa shape index (κ1) is 9.58. The van der Waals surface area contributed by atoms with E-state index in [1.54, 1.807) is 13.8 Å². The van der Waals surface area contributed by atoms with Crippen molar-refractivity contribution in [1.82, 2.24) is 0 Å². The molecule has 3 heteroatoms. The Morgan fingerprint density at radius 2 is 1.54 bits per heavy atom. The monoisotopic (exact) mass is 180 g/mol. The number of benzene rings is 1. The van der Waals surface area contributed by atoms with Gasteiger partial charge in [-0.2, -0.15) is 0 Å². The summed E-state index contributed by atoms with van der Waals surface area (Å²) in [6.45, 7) is 3.28. The van der Waals surface area contributed by atoms with Crippen LogP contribution >= 0.6 is 0 Å². The molecule has 70 valence electrons. The van der Waals surface area contributed by atoms with Crippen molar-refractivity contribution < 1.29 is 14.3 Å². The molecule has 0 fully saturated rings. The van der Waals surface area contributed by atoms with Crippen LogP contribution in [-0.2, 0) is 4.79 Å². The van der Waals surface area contributed by atoms with Crippen molar-refractivity contribution in [3.63, 3.8) is 0 Å². The zero-order valence-electron chi connectivity index (χ0n) is 7.65. The van der Waals surface area contributed by atoms with Crippen LogP contribution in [0, 0.1) is 5.92 Å². The summed E-state index contributed by atoms with van der Waals surface area (Å²) in [4.78, 5) is 9.70. The smallest absolute Gasteiger partial charge is 0.305 e. The third kappa shape index (κ3) is 2.78. The fraction of sp³-hybridized carbons (Fsp3) is 0.300. The molecule has 0 unspecified atom stereocenters. The largest absolute Gasteiger partial charge is 0.481 e. The second-order valence-electron chi connectivity index (χ2n) is 3.07. The van der Waals surface area contributed by atoms with Crippen LogP contribution in [0.5, 0.6) is 0 Å². The highest BCUT2D eigenvalue weighted by atomic mass is 16.4. The van der Waals surface area contributed by atoms with Crippen molar-refractivity contribution in [1.29, 1.82) is 0 Å². The van der Waals surface area contributed by atoms with Gasteiger partial charge in [-0.05, 0) is 24.3 Å². The van der Waals surface area contributed by atoms with Crippen LogP contribution in [-0.4, -0.2) is 11.1 Å². The zero-order chi connectivity index (χ0) is 9.84. The van der Waals surface area contributed by atoms with Gasteiger partial charge in [0.05, 0.1) is 5.92 Å². The Hall–Kier alpha value is -1.51. The maximum atomic E-state index is 9.70. The van der Waals surface area contributed by atoms with E-state index in [9.17, 15) is 4.79 Å². The van der Waals surface area contributed by atoms with E-state index in [0.29, 0.717) is 0 Å². The van der Waals surface area contributed by atoms with Gasteiger partial charge in [0, 0.05) is 0 Å². The van der Waals surface area contributed by atoms with E-state index in [2.05, 4.69) is 0 Å². The summed E-state index contributed by atoms with van der Waals surface area (Å²) < 4.78 is 5.08. The number of rotatable bonds is 1. The fourth-order valence-electron chi connectivity index (χ4n) is 0.712. The van der Waals surface area contributed by atoms with Gasteiger partial charge < -0.3 is 9.52 Å². The van der Waals surface area contributed by atoms with Gasteiger partial charge in [0.2, 0.25) is 0 Å². The lowest BCUT2D eigenvalue weighted by atomic mass is 10.2. The van der Waals surface area contributed by atoms with Crippen molar-refractivity contribution in [3.05, 3.63) is 24.3 Å². The van der Waals surface area contributed by atoms with Gasteiger partial charge >= 0.3 is 5.97 Å². The van der Waals surface area contributed by atoms with Crippen LogP contribution < -0.4 is 0 Å². The molecule has 0 aliphatic rings. The van der Waals surface area contributed by atoms with Crippen LogP contribution in [0.1, 0.15) is 13.8 Å². The molecule has 2 heterocycles. The molecule has 2 bridgehead atoms. The molecule has 13 heavy (non-hydrogen) atoms. The van der Waals surface area contributed by atoms with Gasteiger partial charge in [-0.25, -0.2) is 0 Å². The van der Waals surface area contributed by atoms with Gasteiger partial charge in [-0.15, -0.1) is 0 Å². The highest BCUT2D eigenvalue weighted by molar-refractivity contribution is 5.68. The first-order valence-corrected chi connectivity index (χ1v) is 4.10. The lowest BCUT2D eigenvalue weighted by molar-refractivity contribution is -0.140. The summed E-state index contributed by atoms with van der Waals surface area (Å²) in [6.07, 6.45) is 0. The summed E-state index contributed by atoms with van der Waals surface area (Å²) in [5.41, 5.74) is 1.94. The molecule has 2 aromatic rings. The number of hydrogen-bond donors (Lipinski definition) is 1. The number of fused-ring (bicyclic) bond motifs is 2. The molecule has 2 rings (SSSR count). The molecule has 2 aromatic heterocycles. The number of carbonyl (C=O) groups is 1. The second-order valence-corrected chi connectivity index (χ2v) is 3.07. The predicted molar refractivity (Wildman–Crippen MR) is 49.9 cm³/mol. The molecule has 0 spiro atoms. The van der Waals surface area contributed by atoms with Crippen molar-refractivity contribution in [2.45, 2.75) is 13.8 Å². The molecule has 3 nitrogen and oxygen atoms in total. The predicted octanol–water partition coefficient (Wildman–Crippen LogP) is 2.60. The highest BCUT2D eigenvalue weighted by Gasteiger charge is 1.99.